The third-order valence-electron chi connectivity index (χ3n) is 3.54. The van der Waals surface area contributed by atoms with Gasteiger partial charge in [0.25, 0.3) is 5.92 Å². The standard InChI is InChI=1S/C14H21F2N3/c1-11-9-12(18-13(17)10-11)3-2-6-19-7-4-14(15,16)5-8-19/h9-10H,2-8H2,1H3,(H2,17,18). The van der Waals surface area contributed by atoms with Crippen molar-refractivity contribution in [2.45, 2.75) is 38.5 Å². The highest BCUT2D eigenvalue weighted by atomic mass is 19.3. The molecule has 0 amide bonds. The van der Waals surface area contributed by atoms with Crippen LogP contribution in [0.3, 0.4) is 0 Å². The molecule has 1 fully saturated rings. The van der Waals surface area contributed by atoms with E-state index in [2.05, 4.69) is 9.88 Å². The monoisotopic (exact) mass is 269 g/mol. The Morgan fingerprint density at radius 2 is 2.00 bits per heavy atom. The Morgan fingerprint density at radius 3 is 2.63 bits per heavy atom. The minimum atomic E-state index is -2.46. The fourth-order valence-electron chi connectivity index (χ4n) is 2.48. The van der Waals surface area contributed by atoms with E-state index in [0.29, 0.717) is 18.9 Å². The zero-order chi connectivity index (χ0) is 13.9. The van der Waals surface area contributed by atoms with Crippen molar-refractivity contribution >= 4 is 5.82 Å². The van der Waals surface area contributed by atoms with E-state index in [1.54, 1.807) is 0 Å². The summed E-state index contributed by atoms with van der Waals surface area (Å²) < 4.78 is 26.0. The molecule has 0 unspecified atom stereocenters. The van der Waals surface area contributed by atoms with E-state index in [-0.39, 0.29) is 12.8 Å². The maximum absolute atomic E-state index is 13.0. The normalized spacial score (nSPS) is 19.5. The van der Waals surface area contributed by atoms with Crippen LogP contribution in [-0.4, -0.2) is 35.4 Å². The van der Waals surface area contributed by atoms with Gasteiger partial charge in [-0.1, -0.05) is 0 Å². The number of hydrogen-bond acceptors (Lipinski definition) is 3. The molecule has 3 nitrogen and oxygen atoms in total. The Bertz CT molecular complexity index is 404. The van der Waals surface area contributed by atoms with Gasteiger partial charge in [0.2, 0.25) is 0 Å². The van der Waals surface area contributed by atoms with Gasteiger partial charge in [-0.3, -0.25) is 0 Å². The Hall–Kier alpha value is -1.23. The lowest BCUT2D eigenvalue weighted by Gasteiger charge is -2.31. The highest BCUT2D eigenvalue weighted by molar-refractivity contribution is 5.34. The van der Waals surface area contributed by atoms with Crippen molar-refractivity contribution in [3.63, 3.8) is 0 Å². The SMILES string of the molecule is Cc1cc(N)nc(CCCN2CCC(F)(F)CC2)c1. The van der Waals surface area contributed by atoms with Crippen molar-refractivity contribution in [1.29, 1.82) is 0 Å². The molecule has 2 heterocycles. The van der Waals surface area contributed by atoms with Gasteiger partial charge in [-0.05, 0) is 44.0 Å². The summed E-state index contributed by atoms with van der Waals surface area (Å²) in [6, 6.07) is 3.87. The number of rotatable bonds is 4. The van der Waals surface area contributed by atoms with Crippen LogP contribution >= 0.6 is 0 Å². The van der Waals surface area contributed by atoms with Crippen molar-refractivity contribution in [1.82, 2.24) is 9.88 Å². The van der Waals surface area contributed by atoms with E-state index in [1.807, 2.05) is 19.1 Å². The number of piperidine rings is 1. The van der Waals surface area contributed by atoms with Gasteiger partial charge in [0, 0.05) is 31.6 Å². The number of aryl methyl sites for hydroxylation is 2. The van der Waals surface area contributed by atoms with Gasteiger partial charge >= 0.3 is 0 Å². The third kappa shape index (κ3) is 4.42. The minimum absolute atomic E-state index is 0.0113. The highest BCUT2D eigenvalue weighted by Gasteiger charge is 2.33. The molecule has 106 valence electrons. The number of nitrogens with zero attached hydrogens (tertiary/aromatic N) is 2. The molecule has 1 aromatic rings. The Labute approximate surface area is 112 Å². The Balaban J connectivity index is 1.75. The molecule has 0 atom stereocenters. The number of anilines is 1. The van der Waals surface area contributed by atoms with Crippen LogP contribution in [0.4, 0.5) is 14.6 Å². The molecule has 1 aliphatic rings. The number of hydrogen-bond donors (Lipinski definition) is 1. The number of aromatic nitrogens is 1. The molecule has 1 aliphatic heterocycles. The van der Waals surface area contributed by atoms with Crippen LogP contribution in [0.15, 0.2) is 12.1 Å². The van der Waals surface area contributed by atoms with Crippen LogP contribution in [0.1, 0.15) is 30.5 Å². The lowest BCUT2D eigenvalue weighted by atomic mass is 10.1. The van der Waals surface area contributed by atoms with Crippen LogP contribution < -0.4 is 5.73 Å². The van der Waals surface area contributed by atoms with Crippen LogP contribution in [0, 0.1) is 6.92 Å². The van der Waals surface area contributed by atoms with Gasteiger partial charge in [0.1, 0.15) is 5.82 Å². The second-order valence-electron chi connectivity index (χ2n) is 5.36. The fourth-order valence-corrected chi connectivity index (χ4v) is 2.48. The molecule has 19 heavy (non-hydrogen) atoms. The molecule has 0 spiro atoms. The maximum Gasteiger partial charge on any atom is 0.250 e. The number of nitrogen functional groups attached to an aromatic ring is 1. The lowest BCUT2D eigenvalue weighted by Crippen LogP contribution is -2.39. The fraction of sp³-hybridized carbons (Fsp3) is 0.643. The van der Waals surface area contributed by atoms with Crippen LogP contribution in [-0.2, 0) is 6.42 Å². The summed E-state index contributed by atoms with van der Waals surface area (Å²) in [6.45, 7) is 3.84. The van der Waals surface area contributed by atoms with E-state index in [9.17, 15) is 8.78 Å². The van der Waals surface area contributed by atoms with E-state index in [0.717, 1.165) is 30.6 Å². The second kappa shape index (κ2) is 5.82. The molecule has 0 aromatic carbocycles. The molecule has 2 N–H and O–H groups in total. The molecular weight excluding hydrogens is 248 g/mol. The summed E-state index contributed by atoms with van der Waals surface area (Å²) in [7, 11) is 0. The smallest absolute Gasteiger partial charge is 0.250 e. The third-order valence-corrected chi connectivity index (χ3v) is 3.54. The highest BCUT2D eigenvalue weighted by Crippen LogP contribution is 2.27. The number of pyridine rings is 1. The van der Waals surface area contributed by atoms with Gasteiger partial charge < -0.3 is 10.6 Å². The first-order chi connectivity index (χ1) is 8.94. The van der Waals surface area contributed by atoms with Crippen LogP contribution in [0.2, 0.25) is 0 Å². The zero-order valence-corrected chi connectivity index (χ0v) is 11.3. The summed E-state index contributed by atoms with van der Waals surface area (Å²) in [5, 5.41) is 0. The molecule has 0 bridgehead atoms. The molecular formula is C14H21F2N3. The predicted octanol–water partition coefficient (Wildman–Crippen LogP) is 2.64. The lowest BCUT2D eigenvalue weighted by molar-refractivity contribution is -0.0551. The first kappa shape index (κ1) is 14.2. The van der Waals surface area contributed by atoms with Crippen molar-refractivity contribution in [3.8, 4) is 0 Å². The quantitative estimate of drug-likeness (QED) is 0.913. The number of alkyl halides is 2. The largest absolute Gasteiger partial charge is 0.384 e. The van der Waals surface area contributed by atoms with E-state index in [4.69, 9.17) is 5.73 Å². The number of halogens is 2. The summed E-state index contributed by atoms with van der Waals surface area (Å²) in [5.74, 6) is -1.91. The first-order valence-corrected chi connectivity index (χ1v) is 6.78. The van der Waals surface area contributed by atoms with Crippen molar-refractivity contribution < 1.29 is 8.78 Å². The molecule has 0 aliphatic carbocycles. The Kier molecular flexibility index (Phi) is 4.34. The average molecular weight is 269 g/mol. The van der Waals surface area contributed by atoms with Crippen LogP contribution in [0.5, 0.6) is 0 Å². The molecule has 1 aromatic heterocycles. The minimum Gasteiger partial charge on any atom is -0.384 e. The van der Waals surface area contributed by atoms with Gasteiger partial charge in [-0.2, -0.15) is 0 Å². The Morgan fingerprint density at radius 1 is 1.32 bits per heavy atom. The molecule has 1 saturated heterocycles. The van der Waals surface area contributed by atoms with Gasteiger partial charge in [0.15, 0.2) is 0 Å². The maximum atomic E-state index is 13.0. The van der Waals surface area contributed by atoms with E-state index < -0.39 is 5.92 Å². The van der Waals surface area contributed by atoms with Gasteiger partial charge in [0.05, 0.1) is 0 Å². The summed E-state index contributed by atoms with van der Waals surface area (Å²) in [5.41, 5.74) is 7.80. The van der Waals surface area contributed by atoms with Crippen molar-refractivity contribution in [2.75, 3.05) is 25.4 Å². The van der Waals surface area contributed by atoms with Gasteiger partial charge in [-0.15, -0.1) is 0 Å². The number of nitrogens with two attached hydrogens (primary N) is 1. The van der Waals surface area contributed by atoms with E-state index >= 15 is 0 Å². The second-order valence-corrected chi connectivity index (χ2v) is 5.36. The molecule has 0 radical (unpaired) electrons. The molecule has 2 rings (SSSR count). The molecule has 0 saturated carbocycles. The first-order valence-electron chi connectivity index (χ1n) is 6.78. The summed E-state index contributed by atoms with van der Waals surface area (Å²) in [6.07, 6.45) is 1.76. The summed E-state index contributed by atoms with van der Waals surface area (Å²) >= 11 is 0. The average Bonchev–Trinajstić information content (AvgIpc) is 2.30. The predicted molar refractivity (Wildman–Crippen MR) is 72.3 cm³/mol. The van der Waals surface area contributed by atoms with Gasteiger partial charge in [-0.25, -0.2) is 13.8 Å². The van der Waals surface area contributed by atoms with Crippen molar-refractivity contribution in [2.24, 2.45) is 0 Å². The van der Waals surface area contributed by atoms with Crippen LogP contribution in [0.25, 0.3) is 0 Å². The number of likely N-dealkylation sites (tertiary alicyclic amines) is 1. The van der Waals surface area contributed by atoms with Crippen molar-refractivity contribution in [3.05, 3.63) is 23.4 Å². The molecule has 5 heteroatoms. The summed E-state index contributed by atoms with van der Waals surface area (Å²) in [4.78, 5) is 6.39. The van der Waals surface area contributed by atoms with E-state index in [1.165, 1.54) is 0 Å². The zero-order valence-electron chi connectivity index (χ0n) is 11.3. The topological polar surface area (TPSA) is 42.1 Å².